The smallest absolute Gasteiger partial charge is 0.335 e. The van der Waals surface area contributed by atoms with E-state index in [4.69, 9.17) is 16.7 Å². The Morgan fingerprint density at radius 1 is 1.29 bits per heavy atom. The van der Waals surface area contributed by atoms with Crippen molar-refractivity contribution in [3.8, 4) is 0 Å². The van der Waals surface area contributed by atoms with Crippen LogP contribution in [0.25, 0.3) is 6.08 Å². The van der Waals surface area contributed by atoms with Crippen LogP contribution in [0.3, 0.4) is 0 Å². The molecule has 106 valence electrons. The quantitative estimate of drug-likeness (QED) is 0.825. The van der Waals surface area contributed by atoms with Crippen molar-refractivity contribution in [1.82, 2.24) is 5.32 Å². The van der Waals surface area contributed by atoms with Crippen molar-refractivity contribution >= 4 is 29.6 Å². The molecule has 4 nitrogen and oxygen atoms in total. The minimum atomic E-state index is -0.970. The zero-order valence-electron chi connectivity index (χ0n) is 11.0. The molecule has 1 aromatic carbocycles. The molecule has 5 heteroatoms. The van der Waals surface area contributed by atoms with Gasteiger partial charge in [0.15, 0.2) is 0 Å². The van der Waals surface area contributed by atoms with Crippen LogP contribution < -0.4 is 5.32 Å². The monoisotopic (exact) mass is 301 g/mol. The van der Waals surface area contributed by atoms with Gasteiger partial charge in [-0.25, -0.2) is 4.79 Å². The number of carboxylic acids is 1. The topological polar surface area (TPSA) is 66.4 Å². The van der Waals surface area contributed by atoms with E-state index in [0.717, 1.165) is 24.0 Å². The molecule has 2 aliphatic rings. The summed E-state index contributed by atoms with van der Waals surface area (Å²) in [5, 5.41) is 12.2. The normalized spacial score (nSPS) is 19.4. The molecule has 3 rings (SSSR count). The van der Waals surface area contributed by atoms with E-state index in [1.54, 1.807) is 18.2 Å². The summed E-state index contributed by atoms with van der Waals surface area (Å²) in [7, 11) is 0. The van der Waals surface area contributed by atoms with Crippen LogP contribution in [-0.4, -0.2) is 17.0 Å². The lowest BCUT2D eigenvalue weighted by Gasteiger charge is -2.10. The van der Waals surface area contributed by atoms with Crippen molar-refractivity contribution in [3.05, 3.63) is 63.3 Å². The number of hydrogen-bond donors (Lipinski definition) is 2. The van der Waals surface area contributed by atoms with Crippen molar-refractivity contribution < 1.29 is 14.7 Å². The number of nitrogens with one attached hydrogen (secondary N) is 1. The Hall–Kier alpha value is -2.33. The Kier molecular flexibility index (Phi) is 3.39. The lowest BCUT2D eigenvalue weighted by molar-refractivity contribution is -0.115. The third-order valence-electron chi connectivity index (χ3n) is 3.54. The van der Waals surface area contributed by atoms with Gasteiger partial charge in [-0.05, 0) is 42.2 Å². The molecule has 1 heterocycles. The molecule has 0 bridgehead atoms. The van der Waals surface area contributed by atoms with Crippen molar-refractivity contribution in [2.45, 2.75) is 12.8 Å². The summed E-state index contributed by atoms with van der Waals surface area (Å²) in [5.41, 5.74) is 3.22. The first kappa shape index (κ1) is 13.6. The summed E-state index contributed by atoms with van der Waals surface area (Å²) in [5.74, 6) is -1.14. The van der Waals surface area contributed by atoms with E-state index in [0.29, 0.717) is 16.3 Å². The number of allylic oxidation sites excluding steroid dienone is 2. The zero-order chi connectivity index (χ0) is 15.0. The molecular formula is C16H12ClNO3. The fourth-order valence-corrected chi connectivity index (χ4v) is 2.75. The van der Waals surface area contributed by atoms with Gasteiger partial charge in [0, 0.05) is 5.57 Å². The Morgan fingerprint density at radius 3 is 2.67 bits per heavy atom. The van der Waals surface area contributed by atoms with Gasteiger partial charge in [-0.15, -0.1) is 0 Å². The van der Waals surface area contributed by atoms with E-state index in [2.05, 4.69) is 5.32 Å². The maximum Gasteiger partial charge on any atom is 0.335 e. The molecule has 1 aliphatic heterocycles. The molecule has 0 spiro atoms. The molecular weight excluding hydrogens is 290 g/mol. The number of amides is 1. The number of carbonyl (C=O) groups is 2. The lowest BCUT2D eigenvalue weighted by atomic mass is 9.96. The van der Waals surface area contributed by atoms with Gasteiger partial charge in [0.25, 0.3) is 5.91 Å². The molecule has 21 heavy (non-hydrogen) atoms. The Labute approximate surface area is 126 Å². The van der Waals surface area contributed by atoms with Gasteiger partial charge in [-0.3, -0.25) is 4.79 Å². The van der Waals surface area contributed by atoms with Crippen LogP contribution in [-0.2, 0) is 4.79 Å². The Balaban J connectivity index is 1.97. The maximum absolute atomic E-state index is 12.1. The van der Waals surface area contributed by atoms with Gasteiger partial charge in [-0.1, -0.05) is 29.8 Å². The van der Waals surface area contributed by atoms with E-state index < -0.39 is 5.97 Å². The average molecular weight is 302 g/mol. The molecule has 0 saturated heterocycles. The molecule has 0 atom stereocenters. The number of aromatic carboxylic acids is 1. The summed E-state index contributed by atoms with van der Waals surface area (Å²) in [4.78, 5) is 22.9. The van der Waals surface area contributed by atoms with E-state index in [1.807, 2.05) is 6.08 Å². The first-order valence-corrected chi connectivity index (χ1v) is 6.90. The second-order valence-corrected chi connectivity index (χ2v) is 5.29. The van der Waals surface area contributed by atoms with E-state index in [9.17, 15) is 9.59 Å². The van der Waals surface area contributed by atoms with E-state index in [-0.39, 0.29) is 11.5 Å². The predicted molar refractivity (Wildman–Crippen MR) is 79.7 cm³/mol. The molecule has 0 saturated carbocycles. The maximum atomic E-state index is 12.1. The predicted octanol–water partition coefficient (Wildman–Crippen LogP) is 3.07. The van der Waals surface area contributed by atoms with Crippen molar-refractivity contribution in [2.24, 2.45) is 0 Å². The van der Waals surface area contributed by atoms with Crippen molar-refractivity contribution in [3.63, 3.8) is 0 Å². The number of hydrogen-bond acceptors (Lipinski definition) is 2. The molecule has 0 unspecified atom stereocenters. The molecule has 2 N–H and O–H groups in total. The average Bonchev–Trinajstić information content (AvgIpc) is 2.78. The molecule has 1 aliphatic carbocycles. The van der Waals surface area contributed by atoms with Gasteiger partial charge >= 0.3 is 5.97 Å². The highest BCUT2D eigenvalue weighted by Gasteiger charge is 2.29. The second-order valence-electron chi connectivity index (χ2n) is 4.88. The summed E-state index contributed by atoms with van der Waals surface area (Å²) in [6.45, 7) is 0. The molecule has 0 radical (unpaired) electrons. The highest BCUT2D eigenvalue weighted by Crippen LogP contribution is 2.35. The van der Waals surface area contributed by atoms with Gasteiger partial charge in [0.2, 0.25) is 0 Å². The van der Waals surface area contributed by atoms with Crippen molar-refractivity contribution in [2.75, 3.05) is 0 Å². The highest BCUT2D eigenvalue weighted by molar-refractivity contribution is 6.33. The first-order chi connectivity index (χ1) is 10.1. The van der Waals surface area contributed by atoms with Crippen molar-refractivity contribution in [1.29, 1.82) is 0 Å². The fourth-order valence-electron chi connectivity index (χ4n) is 2.48. The van der Waals surface area contributed by atoms with Crippen LogP contribution >= 0.6 is 11.6 Å². The molecule has 0 aromatic heterocycles. The number of halogens is 1. The van der Waals surface area contributed by atoms with Gasteiger partial charge in [0.1, 0.15) is 0 Å². The zero-order valence-corrected chi connectivity index (χ0v) is 11.8. The fraction of sp³-hybridized carbons (Fsp3) is 0.125. The third-order valence-corrected chi connectivity index (χ3v) is 3.88. The second kappa shape index (κ2) is 5.22. The SMILES string of the molecule is O=C1NC2=C(CCC=C2Cl)/C1=C\c1ccc(C(=O)O)cc1. The number of carbonyl (C=O) groups excluding carboxylic acids is 1. The third kappa shape index (κ3) is 2.50. The summed E-state index contributed by atoms with van der Waals surface area (Å²) in [6.07, 6.45) is 5.23. The molecule has 1 amide bonds. The van der Waals surface area contributed by atoms with Gasteiger partial charge in [-0.2, -0.15) is 0 Å². The minimum Gasteiger partial charge on any atom is -0.478 e. The van der Waals surface area contributed by atoms with Gasteiger partial charge < -0.3 is 10.4 Å². The van der Waals surface area contributed by atoms with Crippen LogP contribution in [0.15, 0.2) is 52.2 Å². The number of benzene rings is 1. The summed E-state index contributed by atoms with van der Waals surface area (Å²) < 4.78 is 0. The number of carboxylic acid groups (broad SMARTS) is 1. The molecule has 1 aromatic rings. The van der Waals surface area contributed by atoms with Crippen LogP contribution in [0.2, 0.25) is 0 Å². The standard InChI is InChI=1S/C16H12ClNO3/c17-13-3-1-2-11-12(15(19)18-14(11)13)8-9-4-6-10(7-5-9)16(20)21/h3-8H,1-2H2,(H,18,19)(H,20,21)/b12-8+. The van der Waals surface area contributed by atoms with E-state index in [1.165, 1.54) is 12.1 Å². The van der Waals surface area contributed by atoms with E-state index >= 15 is 0 Å². The molecule has 0 fully saturated rings. The van der Waals surface area contributed by atoms with Crippen LogP contribution in [0.4, 0.5) is 0 Å². The summed E-state index contributed by atoms with van der Waals surface area (Å²) in [6, 6.07) is 6.40. The minimum absolute atomic E-state index is 0.171. The Bertz CT molecular complexity index is 726. The largest absolute Gasteiger partial charge is 0.478 e. The van der Waals surface area contributed by atoms with Gasteiger partial charge in [0.05, 0.1) is 16.3 Å². The summed E-state index contributed by atoms with van der Waals surface area (Å²) >= 11 is 6.10. The number of rotatable bonds is 2. The van der Waals surface area contributed by atoms with Crippen LogP contribution in [0.5, 0.6) is 0 Å². The highest BCUT2D eigenvalue weighted by atomic mass is 35.5. The lowest BCUT2D eigenvalue weighted by Crippen LogP contribution is -2.16. The first-order valence-electron chi connectivity index (χ1n) is 6.52. The Morgan fingerprint density at radius 2 is 2.00 bits per heavy atom. The van der Waals surface area contributed by atoms with Crippen LogP contribution in [0.1, 0.15) is 28.8 Å². The van der Waals surface area contributed by atoms with Crippen LogP contribution in [0, 0.1) is 0 Å².